The topological polar surface area (TPSA) is 54.0 Å². The molecule has 0 atom stereocenters. The highest BCUT2D eigenvalue weighted by Crippen LogP contribution is 2.31. The zero-order valence-corrected chi connectivity index (χ0v) is 11.8. The molecule has 0 bridgehead atoms. The Morgan fingerprint density at radius 1 is 1.00 bits per heavy atom. The quantitative estimate of drug-likeness (QED) is 0.611. The van der Waals surface area contributed by atoms with Crippen LogP contribution in [0.3, 0.4) is 0 Å². The van der Waals surface area contributed by atoms with Crippen molar-refractivity contribution in [2.75, 3.05) is 14.2 Å². The molecule has 0 saturated heterocycles. The molecule has 0 heterocycles. The van der Waals surface area contributed by atoms with E-state index in [1.54, 1.807) is 18.2 Å². The molecule has 0 N–H and O–H groups in total. The van der Waals surface area contributed by atoms with Crippen LogP contribution in [0.15, 0.2) is 18.2 Å². The largest absolute Gasteiger partial charge is 0.496 e. The van der Waals surface area contributed by atoms with Crippen molar-refractivity contribution in [2.24, 2.45) is 0 Å². The van der Waals surface area contributed by atoms with E-state index in [-0.39, 0.29) is 5.56 Å². The number of benzene rings is 1. The summed E-state index contributed by atoms with van der Waals surface area (Å²) >= 11 is 0. The Kier molecular flexibility index (Phi) is 5.24. The van der Waals surface area contributed by atoms with Gasteiger partial charge in [-0.3, -0.25) is 4.89 Å². The summed E-state index contributed by atoms with van der Waals surface area (Å²) in [6.45, 7) is 0. The molecule has 1 fully saturated rings. The molecule has 1 aromatic carbocycles. The molecule has 0 aromatic heterocycles. The van der Waals surface area contributed by atoms with Crippen LogP contribution in [0.5, 0.6) is 11.5 Å². The van der Waals surface area contributed by atoms with Gasteiger partial charge >= 0.3 is 5.97 Å². The molecule has 1 aliphatic rings. The monoisotopic (exact) mass is 279 g/mol. The fourth-order valence-electron chi connectivity index (χ4n) is 2.22. The highest BCUT2D eigenvalue weighted by molar-refractivity contribution is 5.95. The highest BCUT2D eigenvalue weighted by atomic mass is 17.2. The van der Waals surface area contributed by atoms with Gasteiger partial charge in [0.25, 0.3) is 0 Å². The number of methoxy groups -OCH3 is 2. The third-order valence-electron chi connectivity index (χ3n) is 3.28. The van der Waals surface area contributed by atoms with Crippen LogP contribution < -0.4 is 9.47 Å². The van der Waals surface area contributed by atoms with E-state index >= 15 is 0 Å². The molecular weight excluding hydrogens is 260 g/mol. The molecule has 1 saturated carbocycles. The average molecular weight is 279 g/mol. The second-order valence-corrected chi connectivity index (χ2v) is 4.59. The molecule has 5 heteroatoms. The SMILES string of the molecule is COc1cccc(OC)c1C(=O)OO[C]1CCCCC1. The van der Waals surface area contributed by atoms with E-state index in [9.17, 15) is 4.79 Å². The molecule has 109 valence electrons. The maximum atomic E-state index is 12.1. The van der Waals surface area contributed by atoms with Gasteiger partial charge < -0.3 is 9.47 Å². The van der Waals surface area contributed by atoms with Crippen molar-refractivity contribution in [1.29, 1.82) is 0 Å². The minimum atomic E-state index is -0.614. The molecule has 1 aromatic rings. The first-order valence-electron chi connectivity index (χ1n) is 6.70. The summed E-state index contributed by atoms with van der Waals surface area (Å²) in [6.07, 6.45) is 5.85. The van der Waals surface area contributed by atoms with Gasteiger partial charge in [0.1, 0.15) is 23.2 Å². The van der Waals surface area contributed by atoms with Crippen molar-refractivity contribution < 1.29 is 24.0 Å². The Hall–Kier alpha value is -1.75. The summed E-state index contributed by atoms with van der Waals surface area (Å²) in [5, 5.41) is 0. The van der Waals surface area contributed by atoms with Crippen LogP contribution in [0, 0.1) is 6.10 Å². The molecule has 20 heavy (non-hydrogen) atoms. The lowest BCUT2D eigenvalue weighted by molar-refractivity contribution is -0.239. The number of carbonyl (C=O) groups excluding carboxylic acids is 1. The van der Waals surface area contributed by atoms with Gasteiger partial charge in [-0.1, -0.05) is 25.3 Å². The lowest BCUT2D eigenvalue weighted by atomic mass is 9.98. The number of hydrogen-bond donors (Lipinski definition) is 0. The van der Waals surface area contributed by atoms with Crippen molar-refractivity contribution in [3.05, 3.63) is 29.9 Å². The van der Waals surface area contributed by atoms with Gasteiger partial charge in [-0.2, -0.15) is 4.89 Å². The molecule has 2 rings (SSSR count). The van der Waals surface area contributed by atoms with Crippen molar-refractivity contribution in [3.63, 3.8) is 0 Å². The summed E-state index contributed by atoms with van der Waals surface area (Å²) < 4.78 is 10.3. The average Bonchev–Trinajstić information content (AvgIpc) is 2.52. The van der Waals surface area contributed by atoms with Crippen LogP contribution in [0.4, 0.5) is 0 Å². The zero-order valence-electron chi connectivity index (χ0n) is 11.8. The summed E-state index contributed by atoms with van der Waals surface area (Å²) in [5.74, 6) is 0.176. The maximum Gasteiger partial charge on any atom is 0.380 e. The lowest BCUT2D eigenvalue weighted by Crippen LogP contribution is -2.14. The molecule has 1 radical (unpaired) electrons. The molecule has 0 amide bonds. The smallest absolute Gasteiger partial charge is 0.380 e. The van der Waals surface area contributed by atoms with Gasteiger partial charge in [0.05, 0.1) is 14.2 Å². The zero-order chi connectivity index (χ0) is 14.4. The van der Waals surface area contributed by atoms with Crippen LogP contribution in [0.25, 0.3) is 0 Å². The predicted molar refractivity (Wildman–Crippen MR) is 72.4 cm³/mol. The van der Waals surface area contributed by atoms with Crippen molar-refractivity contribution in [3.8, 4) is 11.5 Å². The molecule has 0 aliphatic heterocycles. The van der Waals surface area contributed by atoms with Crippen molar-refractivity contribution >= 4 is 5.97 Å². The summed E-state index contributed by atoms with van der Waals surface area (Å²) in [6, 6.07) is 5.09. The number of rotatable bonds is 5. The Balaban J connectivity index is 2.04. The molecule has 5 nitrogen and oxygen atoms in total. The van der Waals surface area contributed by atoms with Crippen LogP contribution >= 0.6 is 0 Å². The second-order valence-electron chi connectivity index (χ2n) is 4.59. The van der Waals surface area contributed by atoms with E-state index in [1.165, 1.54) is 20.6 Å². The lowest BCUT2D eigenvalue weighted by Gasteiger charge is -2.19. The Morgan fingerprint density at radius 2 is 1.60 bits per heavy atom. The number of ether oxygens (including phenoxy) is 2. The normalized spacial score (nSPS) is 15.7. The van der Waals surface area contributed by atoms with E-state index in [1.807, 2.05) is 0 Å². The Bertz CT molecular complexity index is 429. The third-order valence-corrected chi connectivity index (χ3v) is 3.28. The van der Waals surface area contributed by atoms with Gasteiger partial charge in [0, 0.05) is 0 Å². The predicted octanol–water partition coefficient (Wildman–Crippen LogP) is 3.29. The van der Waals surface area contributed by atoms with E-state index in [0.717, 1.165) is 31.8 Å². The van der Waals surface area contributed by atoms with Crippen LogP contribution in [-0.4, -0.2) is 20.2 Å². The molecule has 0 spiro atoms. The molecular formula is C15H19O5. The first kappa shape index (κ1) is 14.7. The van der Waals surface area contributed by atoms with E-state index in [4.69, 9.17) is 19.2 Å². The molecule has 0 unspecified atom stereocenters. The summed E-state index contributed by atoms with van der Waals surface area (Å²) in [5.41, 5.74) is 0.230. The highest BCUT2D eigenvalue weighted by Gasteiger charge is 2.23. The van der Waals surface area contributed by atoms with Gasteiger partial charge in [0.15, 0.2) is 0 Å². The van der Waals surface area contributed by atoms with Crippen LogP contribution in [0.2, 0.25) is 0 Å². The second kappa shape index (κ2) is 7.14. The summed E-state index contributed by atoms with van der Waals surface area (Å²) in [4.78, 5) is 22.2. The third kappa shape index (κ3) is 3.42. The number of hydrogen-bond acceptors (Lipinski definition) is 5. The maximum absolute atomic E-state index is 12.1. The Labute approximate surface area is 118 Å². The fraction of sp³-hybridized carbons (Fsp3) is 0.467. The van der Waals surface area contributed by atoms with Gasteiger partial charge in [-0.05, 0) is 25.0 Å². The van der Waals surface area contributed by atoms with Gasteiger partial charge in [-0.15, -0.1) is 0 Å². The van der Waals surface area contributed by atoms with Gasteiger partial charge in [0.2, 0.25) is 0 Å². The number of carbonyl (C=O) groups is 1. The van der Waals surface area contributed by atoms with Gasteiger partial charge in [-0.25, -0.2) is 4.79 Å². The Morgan fingerprint density at radius 3 is 2.15 bits per heavy atom. The van der Waals surface area contributed by atoms with E-state index < -0.39 is 5.97 Å². The fourth-order valence-corrected chi connectivity index (χ4v) is 2.22. The molecule has 1 aliphatic carbocycles. The first-order valence-corrected chi connectivity index (χ1v) is 6.70. The minimum Gasteiger partial charge on any atom is -0.496 e. The van der Waals surface area contributed by atoms with Crippen molar-refractivity contribution in [1.82, 2.24) is 0 Å². The van der Waals surface area contributed by atoms with E-state index in [0.29, 0.717) is 11.5 Å². The van der Waals surface area contributed by atoms with E-state index in [2.05, 4.69) is 0 Å². The minimum absolute atomic E-state index is 0.230. The van der Waals surface area contributed by atoms with Crippen molar-refractivity contribution in [2.45, 2.75) is 32.1 Å². The van der Waals surface area contributed by atoms with Crippen LogP contribution in [0.1, 0.15) is 42.5 Å². The summed E-state index contributed by atoms with van der Waals surface area (Å²) in [7, 11) is 2.98. The van der Waals surface area contributed by atoms with Crippen LogP contribution in [-0.2, 0) is 9.78 Å². The standard InChI is InChI=1S/C15H19O5/c1-17-12-9-6-10-13(18-2)14(12)15(16)20-19-11-7-4-3-5-8-11/h6,9-10H,3-5,7-8H2,1-2H3. The first-order chi connectivity index (χ1) is 9.76.